The maximum Gasteiger partial charge on any atom is 0.130 e. The molecule has 2 aromatic carbocycles. The fourth-order valence-corrected chi connectivity index (χ4v) is 2.40. The summed E-state index contributed by atoms with van der Waals surface area (Å²) in [6.07, 6.45) is -1.32. The molecule has 0 heterocycles. The molecular formula is C13H7BrCl2F2O. The molecule has 6 heteroatoms. The minimum Gasteiger partial charge on any atom is -0.383 e. The molecule has 0 spiro atoms. The monoisotopic (exact) mass is 366 g/mol. The predicted octanol–water partition coefficient (Wildman–Crippen LogP) is 5.12. The summed E-state index contributed by atoms with van der Waals surface area (Å²) in [5.41, 5.74) is 0.182. The highest BCUT2D eigenvalue weighted by Gasteiger charge is 2.19. The van der Waals surface area contributed by atoms with Gasteiger partial charge in [0.25, 0.3) is 0 Å². The van der Waals surface area contributed by atoms with Gasteiger partial charge >= 0.3 is 0 Å². The zero-order valence-corrected chi connectivity index (χ0v) is 12.4. The molecule has 0 amide bonds. The zero-order chi connectivity index (χ0) is 14.2. The Bertz CT molecular complexity index is 634. The van der Waals surface area contributed by atoms with E-state index in [4.69, 9.17) is 23.2 Å². The highest BCUT2D eigenvalue weighted by atomic mass is 79.9. The third kappa shape index (κ3) is 3.08. The van der Waals surface area contributed by atoms with Crippen LogP contribution in [0, 0.1) is 11.6 Å². The summed E-state index contributed by atoms with van der Waals surface area (Å²) in [5.74, 6) is -1.17. The third-order valence-electron chi connectivity index (χ3n) is 2.59. The van der Waals surface area contributed by atoms with E-state index >= 15 is 0 Å². The van der Waals surface area contributed by atoms with Crippen molar-refractivity contribution in [2.75, 3.05) is 0 Å². The average molecular weight is 368 g/mol. The topological polar surface area (TPSA) is 20.2 Å². The molecular weight excluding hydrogens is 361 g/mol. The van der Waals surface area contributed by atoms with Crippen molar-refractivity contribution in [3.05, 3.63) is 67.6 Å². The van der Waals surface area contributed by atoms with Crippen molar-refractivity contribution in [1.82, 2.24) is 0 Å². The maximum atomic E-state index is 13.8. The fraction of sp³-hybridized carbons (Fsp3) is 0.0769. The standard InChI is InChI=1S/C13H7BrCl2F2O/c14-9-5-12(18)8(4-11(9)16)13(19)7-2-1-6(17)3-10(7)15/h1-5,13,19H. The lowest BCUT2D eigenvalue weighted by Crippen LogP contribution is -2.04. The number of aliphatic hydroxyl groups excluding tert-OH is 1. The van der Waals surface area contributed by atoms with Crippen LogP contribution in [0.15, 0.2) is 34.8 Å². The van der Waals surface area contributed by atoms with Gasteiger partial charge < -0.3 is 5.11 Å². The van der Waals surface area contributed by atoms with Crippen LogP contribution in [0.2, 0.25) is 10.0 Å². The number of rotatable bonds is 2. The first-order valence-electron chi connectivity index (χ1n) is 5.17. The van der Waals surface area contributed by atoms with Crippen LogP contribution < -0.4 is 0 Å². The van der Waals surface area contributed by atoms with Crippen LogP contribution >= 0.6 is 39.1 Å². The number of halogens is 5. The average Bonchev–Trinajstić information content (AvgIpc) is 2.33. The Kier molecular flexibility index (Phi) is 4.46. The summed E-state index contributed by atoms with van der Waals surface area (Å²) in [7, 11) is 0. The van der Waals surface area contributed by atoms with Crippen LogP contribution in [0.4, 0.5) is 8.78 Å². The van der Waals surface area contributed by atoms with Crippen molar-refractivity contribution >= 4 is 39.1 Å². The van der Waals surface area contributed by atoms with E-state index < -0.39 is 17.7 Å². The van der Waals surface area contributed by atoms with Gasteiger partial charge in [-0.15, -0.1) is 0 Å². The molecule has 0 aliphatic carbocycles. The van der Waals surface area contributed by atoms with Crippen molar-refractivity contribution in [2.45, 2.75) is 6.10 Å². The minimum absolute atomic E-state index is 0.0194. The first-order valence-corrected chi connectivity index (χ1v) is 6.72. The van der Waals surface area contributed by atoms with E-state index in [0.29, 0.717) is 4.47 Å². The van der Waals surface area contributed by atoms with Gasteiger partial charge in [0.2, 0.25) is 0 Å². The van der Waals surface area contributed by atoms with Gasteiger partial charge in [-0.2, -0.15) is 0 Å². The van der Waals surface area contributed by atoms with Crippen molar-refractivity contribution in [1.29, 1.82) is 0 Å². The normalized spacial score (nSPS) is 12.5. The Morgan fingerprint density at radius 1 is 1.00 bits per heavy atom. The predicted molar refractivity (Wildman–Crippen MR) is 74.6 cm³/mol. The quantitative estimate of drug-likeness (QED) is 0.730. The van der Waals surface area contributed by atoms with Gasteiger partial charge in [0.1, 0.15) is 17.7 Å². The molecule has 0 fully saturated rings. The summed E-state index contributed by atoms with van der Waals surface area (Å²) < 4.78 is 27.1. The molecule has 19 heavy (non-hydrogen) atoms. The second-order valence-electron chi connectivity index (χ2n) is 3.86. The first kappa shape index (κ1) is 14.7. The van der Waals surface area contributed by atoms with Gasteiger partial charge in [0.15, 0.2) is 0 Å². The number of hydrogen-bond donors (Lipinski definition) is 1. The molecule has 2 aromatic rings. The van der Waals surface area contributed by atoms with Crippen molar-refractivity contribution in [3.8, 4) is 0 Å². The van der Waals surface area contributed by atoms with E-state index in [1.165, 1.54) is 12.1 Å². The smallest absolute Gasteiger partial charge is 0.130 e. The molecule has 100 valence electrons. The summed E-state index contributed by atoms with van der Waals surface area (Å²) in [5, 5.41) is 10.4. The molecule has 1 unspecified atom stereocenters. The van der Waals surface area contributed by atoms with Gasteiger partial charge in [-0.1, -0.05) is 29.3 Å². The Morgan fingerprint density at radius 2 is 1.68 bits per heavy atom. The van der Waals surface area contributed by atoms with Crippen molar-refractivity contribution in [2.24, 2.45) is 0 Å². The molecule has 1 atom stereocenters. The van der Waals surface area contributed by atoms with Gasteiger partial charge in [-0.3, -0.25) is 0 Å². The number of benzene rings is 2. The number of hydrogen-bond acceptors (Lipinski definition) is 1. The SMILES string of the molecule is OC(c1cc(Cl)c(Br)cc1F)c1ccc(F)cc1Cl. The lowest BCUT2D eigenvalue weighted by Gasteiger charge is -2.15. The molecule has 0 bridgehead atoms. The van der Waals surface area contributed by atoms with E-state index in [-0.39, 0.29) is 21.2 Å². The fourth-order valence-electron chi connectivity index (χ4n) is 1.64. The summed E-state index contributed by atoms with van der Waals surface area (Å²) in [4.78, 5) is 0. The molecule has 2 rings (SSSR count). The Labute approximate surface area is 126 Å². The van der Waals surface area contributed by atoms with Crippen LogP contribution in [0.5, 0.6) is 0 Å². The van der Waals surface area contributed by atoms with Gasteiger partial charge in [0, 0.05) is 20.6 Å². The van der Waals surface area contributed by atoms with Gasteiger partial charge in [-0.25, -0.2) is 8.78 Å². The molecule has 0 aliphatic heterocycles. The van der Waals surface area contributed by atoms with Crippen LogP contribution in [0.1, 0.15) is 17.2 Å². The van der Waals surface area contributed by atoms with E-state index in [9.17, 15) is 13.9 Å². The van der Waals surface area contributed by atoms with E-state index in [2.05, 4.69) is 15.9 Å². The lowest BCUT2D eigenvalue weighted by atomic mass is 10.0. The minimum atomic E-state index is -1.32. The maximum absolute atomic E-state index is 13.8. The van der Waals surface area contributed by atoms with Crippen LogP contribution in [-0.2, 0) is 0 Å². The van der Waals surface area contributed by atoms with Gasteiger partial charge in [0.05, 0.1) is 5.02 Å². The number of aliphatic hydroxyl groups is 1. The summed E-state index contributed by atoms with van der Waals surface area (Å²) >= 11 is 14.8. The van der Waals surface area contributed by atoms with E-state index in [1.54, 1.807) is 0 Å². The van der Waals surface area contributed by atoms with Crippen molar-refractivity contribution < 1.29 is 13.9 Å². The second-order valence-corrected chi connectivity index (χ2v) is 5.52. The summed E-state index contributed by atoms with van der Waals surface area (Å²) in [6.45, 7) is 0. The molecule has 0 aliphatic rings. The summed E-state index contributed by atoms with van der Waals surface area (Å²) in [6, 6.07) is 5.95. The highest BCUT2D eigenvalue weighted by molar-refractivity contribution is 9.10. The molecule has 0 saturated heterocycles. The van der Waals surface area contributed by atoms with E-state index in [1.807, 2.05) is 0 Å². The molecule has 0 radical (unpaired) electrons. The lowest BCUT2D eigenvalue weighted by molar-refractivity contribution is 0.215. The Balaban J connectivity index is 2.49. The molecule has 0 aromatic heterocycles. The second kappa shape index (κ2) is 5.75. The largest absolute Gasteiger partial charge is 0.383 e. The van der Waals surface area contributed by atoms with Crippen LogP contribution in [-0.4, -0.2) is 5.11 Å². The molecule has 1 nitrogen and oxygen atoms in total. The Morgan fingerprint density at radius 3 is 2.32 bits per heavy atom. The van der Waals surface area contributed by atoms with Crippen molar-refractivity contribution in [3.63, 3.8) is 0 Å². The van der Waals surface area contributed by atoms with Crippen LogP contribution in [0.3, 0.4) is 0 Å². The van der Waals surface area contributed by atoms with Crippen LogP contribution in [0.25, 0.3) is 0 Å². The zero-order valence-electron chi connectivity index (χ0n) is 9.30. The molecule has 0 saturated carbocycles. The Hall–Kier alpha value is -0.680. The third-order valence-corrected chi connectivity index (χ3v) is 4.12. The van der Waals surface area contributed by atoms with E-state index in [0.717, 1.165) is 18.2 Å². The van der Waals surface area contributed by atoms with Gasteiger partial charge in [-0.05, 0) is 40.2 Å². The first-order chi connectivity index (χ1) is 8.90. The molecule has 1 N–H and O–H groups in total. The highest BCUT2D eigenvalue weighted by Crippen LogP contribution is 2.34.